The Morgan fingerprint density at radius 2 is 1.72 bits per heavy atom. The number of amides is 1. The summed E-state index contributed by atoms with van der Waals surface area (Å²) in [5, 5.41) is 0. The molecule has 29 heavy (non-hydrogen) atoms. The summed E-state index contributed by atoms with van der Waals surface area (Å²) in [7, 11) is 0. The summed E-state index contributed by atoms with van der Waals surface area (Å²) in [6, 6.07) is 18.6. The van der Waals surface area contributed by atoms with Crippen molar-refractivity contribution < 1.29 is 9.53 Å². The number of para-hydroxylation sites is 1. The molecule has 1 heterocycles. The quantitative estimate of drug-likeness (QED) is 0.642. The third kappa shape index (κ3) is 6.07. The minimum atomic E-state index is 0.148. The number of benzene rings is 2. The summed E-state index contributed by atoms with van der Waals surface area (Å²) in [4.78, 5) is 17.3. The molecule has 1 fully saturated rings. The fourth-order valence-corrected chi connectivity index (χ4v) is 3.86. The molecule has 0 atom stereocenters. The normalized spacial score (nSPS) is 15.1. The minimum absolute atomic E-state index is 0.148. The van der Waals surface area contributed by atoms with Gasteiger partial charge in [0.15, 0.2) is 0 Å². The van der Waals surface area contributed by atoms with Crippen molar-refractivity contribution in [1.82, 2.24) is 9.80 Å². The molecule has 2 aromatic carbocycles. The van der Waals surface area contributed by atoms with Gasteiger partial charge in [0, 0.05) is 31.2 Å². The zero-order chi connectivity index (χ0) is 20.6. The zero-order valence-electron chi connectivity index (χ0n) is 18.0. The van der Waals surface area contributed by atoms with Crippen LogP contribution >= 0.6 is 0 Å². The van der Waals surface area contributed by atoms with Gasteiger partial charge in [0.05, 0.1) is 6.61 Å². The van der Waals surface area contributed by atoms with E-state index in [9.17, 15) is 4.79 Å². The molecule has 1 aliphatic rings. The summed E-state index contributed by atoms with van der Waals surface area (Å²) < 4.78 is 5.89. The second kappa shape index (κ2) is 10.4. The van der Waals surface area contributed by atoms with Crippen LogP contribution in [0.4, 0.5) is 0 Å². The van der Waals surface area contributed by atoms with Gasteiger partial charge in [-0.25, -0.2) is 0 Å². The van der Waals surface area contributed by atoms with E-state index in [4.69, 9.17) is 4.74 Å². The van der Waals surface area contributed by atoms with Crippen molar-refractivity contribution in [3.05, 3.63) is 65.7 Å². The fraction of sp³-hybridized carbons (Fsp3) is 0.480. The minimum Gasteiger partial charge on any atom is -0.493 e. The summed E-state index contributed by atoms with van der Waals surface area (Å²) in [6.07, 6.45) is 1.99. The number of carbonyl (C=O) groups is 1. The van der Waals surface area contributed by atoms with Gasteiger partial charge in [0.1, 0.15) is 5.75 Å². The Balaban J connectivity index is 1.47. The molecule has 0 N–H and O–H groups in total. The predicted octanol–water partition coefficient (Wildman–Crippen LogP) is 4.85. The molecule has 0 aliphatic carbocycles. The van der Waals surface area contributed by atoms with E-state index in [0.29, 0.717) is 12.0 Å². The molecule has 0 aromatic heterocycles. The first kappa shape index (κ1) is 21.4. The van der Waals surface area contributed by atoms with E-state index in [1.54, 1.807) is 0 Å². The number of nitrogens with zero attached hydrogens (tertiary/aromatic N) is 2. The topological polar surface area (TPSA) is 32.8 Å². The van der Waals surface area contributed by atoms with E-state index in [-0.39, 0.29) is 5.91 Å². The maximum absolute atomic E-state index is 12.9. The Hall–Kier alpha value is -2.33. The summed E-state index contributed by atoms with van der Waals surface area (Å²) >= 11 is 0. The first-order valence-corrected chi connectivity index (χ1v) is 10.9. The Kier molecular flexibility index (Phi) is 7.70. The van der Waals surface area contributed by atoms with Gasteiger partial charge in [-0.2, -0.15) is 0 Å². The van der Waals surface area contributed by atoms with E-state index in [0.717, 1.165) is 56.9 Å². The van der Waals surface area contributed by atoms with Gasteiger partial charge < -0.3 is 9.64 Å². The lowest BCUT2D eigenvalue weighted by Gasteiger charge is -2.32. The van der Waals surface area contributed by atoms with Crippen molar-refractivity contribution in [1.29, 1.82) is 0 Å². The Morgan fingerprint density at radius 1 is 1.07 bits per heavy atom. The number of rotatable bonds is 8. The van der Waals surface area contributed by atoms with Crippen LogP contribution in [-0.4, -0.2) is 48.0 Å². The molecule has 156 valence electrons. The van der Waals surface area contributed by atoms with E-state index < -0.39 is 0 Å². The first-order chi connectivity index (χ1) is 14.1. The molecule has 0 bridgehead atoms. The highest BCUT2D eigenvalue weighted by Gasteiger charge is 2.24. The molecule has 0 spiro atoms. The lowest BCUT2D eigenvalue weighted by molar-refractivity contribution is 0.0661. The van der Waals surface area contributed by atoms with Crippen molar-refractivity contribution >= 4 is 5.91 Å². The van der Waals surface area contributed by atoms with Gasteiger partial charge in [-0.15, -0.1) is 0 Å². The van der Waals surface area contributed by atoms with Gasteiger partial charge in [0.2, 0.25) is 0 Å². The smallest absolute Gasteiger partial charge is 0.253 e. The Morgan fingerprint density at radius 3 is 2.31 bits per heavy atom. The molecular formula is C25H34N2O2. The van der Waals surface area contributed by atoms with Crippen molar-refractivity contribution in [2.45, 2.75) is 46.2 Å². The molecule has 4 heteroatoms. The van der Waals surface area contributed by atoms with Crippen molar-refractivity contribution in [3.63, 3.8) is 0 Å². The molecule has 0 unspecified atom stereocenters. The highest BCUT2D eigenvalue weighted by atomic mass is 16.5. The van der Waals surface area contributed by atoms with E-state index in [1.165, 1.54) is 5.56 Å². The maximum atomic E-state index is 12.9. The van der Waals surface area contributed by atoms with E-state index in [2.05, 4.69) is 37.8 Å². The number of piperidine rings is 1. The lowest BCUT2D eigenvalue weighted by atomic mass is 9.97. The Bertz CT molecular complexity index is 750. The van der Waals surface area contributed by atoms with Gasteiger partial charge in [-0.3, -0.25) is 9.69 Å². The standard InChI is InChI=1S/C25H34N2O2/c1-4-26(20(2)3)18-21-10-12-23(13-11-21)25(28)27-16-14-22(15-17-27)19-29-24-8-6-5-7-9-24/h5-13,20,22H,4,14-19H2,1-3H3. The van der Waals surface area contributed by atoms with E-state index in [1.807, 2.05) is 47.4 Å². The van der Waals surface area contributed by atoms with Crippen LogP contribution in [0.15, 0.2) is 54.6 Å². The second-order valence-corrected chi connectivity index (χ2v) is 8.21. The molecule has 2 aromatic rings. The number of carbonyl (C=O) groups excluding carboxylic acids is 1. The third-order valence-electron chi connectivity index (χ3n) is 5.85. The first-order valence-electron chi connectivity index (χ1n) is 10.9. The van der Waals surface area contributed by atoms with Gasteiger partial charge in [-0.1, -0.05) is 37.3 Å². The highest BCUT2D eigenvalue weighted by Crippen LogP contribution is 2.21. The van der Waals surface area contributed by atoms with E-state index >= 15 is 0 Å². The molecule has 1 amide bonds. The largest absolute Gasteiger partial charge is 0.493 e. The monoisotopic (exact) mass is 394 g/mol. The number of ether oxygens (including phenoxy) is 1. The third-order valence-corrected chi connectivity index (χ3v) is 5.85. The van der Waals surface area contributed by atoms with Crippen LogP contribution in [0.5, 0.6) is 5.75 Å². The molecule has 1 aliphatic heterocycles. The van der Waals surface area contributed by atoms with Crippen LogP contribution in [0.1, 0.15) is 49.5 Å². The average Bonchev–Trinajstić information content (AvgIpc) is 2.77. The zero-order valence-corrected chi connectivity index (χ0v) is 18.0. The molecule has 1 saturated heterocycles. The SMILES string of the molecule is CCN(Cc1ccc(C(=O)N2CCC(COc3ccccc3)CC2)cc1)C(C)C. The van der Waals surface area contributed by atoms with Crippen LogP contribution in [0, 0.1) is 5.92 Å². The van der Waals surface area contributed by atoms with Crippen LogP contribution in [0.2, 0.25) is 0 Å². The summed E-state index contributed by atoms with van der Waals surface area (Å²) in [5.74, 6) is 1.58. The van der Waals surface area contributed by atoms with Crippen LogP contribution in [-0.2, 0) is 6.54 Å². The van der Waals surface area contributed by atoms with Crippen LogP contribution < -0.4 is 4.74 Å². The van der Waals surface area contributed by atoms with Crippen molar-refractivity contribution in [2.75, 3.05) is 26.2 Å². The molecule has 0 saturated carbocycles. The van der Waals surface area contributed by atoms with Crippen molar-refractivity contribution in [2.24, 2.45) is 5.92 Å². The number of hydrogen-bond donors (Lipinski definition) is 0. The molecular weight excluding hydrogens is 360 g/mol. The molecule has 3 rings (SSSR count). The molecule has 0 radical (unpaired) electrons. The molecule has 4 nitrogen and oxygen atoms in total. The van der Waals surface area contributed by atoms with Crippen LogP contribution in [0.25, 0.3) is 0 Å². The summed E-state index contributed by atoms with van der Waals surface area (Å²) in [5.41, 5.74) is 2.05. The van der Waals surface area contributed by atoms with Crippen molar-refractivity contribution in [3.8, 4) is 5.75 Å². The average molecular weight is 395 g/mol. The Labute approximate surface area is 175 Å². The number of hydrogen-bond acceptors (Lipinski definition) is 3. The van der Waals surface area contributed by atoms with Gasteiger partial charge >= 0.3 is 0 Å². The van der Waals surface area contributed by atoms with Gasteiger partial charge in [0.25, 0.3) is 5.91 Å². The van der Waals surface area contributed by atoms with Crippen LogP contribution in [0.3, 0.4) is 0 Å². The number of likely N-dealkylation sites (tertiary alicyclic amines) is 1. The second-order valence-electron chi connectivity index (χ2n) is 8.21. The summed E-state index contributed by atoms with van der Waals surface area (Å²) in [6.45, 7) is 10.9. The fourth-order valence-electron chi connectivity index (χ4n) is 3.86. The predicted molar refractivity (Wildman–Crippen MR) is 118 cm³/mol. The lowest BCUT2D eigenvalue weighted by Crippen LogP contribution is -2.39. The highest BCUT2D eigenvalue weighted by molar-refractivity contribution is 5.94. The maximum Gasteiger partial charge on any atom is 0.253 e. The van der Waals surface area contributed by atoms with Gasteiger partial charge in [-0.05, 0) is 69.0 Å².